The van der Waals surface area contributed by atoms with E-state index in [9.17, 15) is 0 Å². The third-order valence-corrected chi connectivity index (χ3v) is 3.06. The lowest BCUT2D eigenvalue weighted by atomic mass is 10.1. The van der Waals surface area contributed by atoms with Crippen molar-refractivity contribution < 1.29 is 4.74 Å². The zero-order valence-electron chi connectivity index (χ0n) is 12.6. The first-order valence-electron chi connectivity index (χ1n) is 6.92. The minimum atomic E-state index is -0.146. The van der Waals surface area contributed by atoms with Crippen LogP contribution in [0.3, 0.4) is 0 Å². The summed E-state index contributed by atoms with van der Waals surface area (Å²) in [6.07, 6.45) is 1.82. The molecule has 0 radical (unpaired) electrons. The van der Waals surface area contributed by atoms with E-state index >= 15 is 0 Å². The molecule has 1 aromatic heterocycles. The van der Waals surface area contributed by atoms with Gasteiger partial charge in [-0.05, 0) is 46.0 Å². The maximum absolute atomic E-state index is 5.89. The van der Waals surface area contributed by atoms with Crippen molar-refractivity contribution >= 4 is 0 Å². The van der Waals surface area contributed by atoms with E-state index in [1.807, 2.05) is 54.3 Å². The molecule has 0 amide bonds. The molecule has 0 bridgehead atoms. The Balaban J connectivity index is 2.21. The Hall–Kier alpha value is -1.65. The number of aromatic nitrogens is 2. The molecule has 1 heterocycles. The second kappa shape index (κ2) is 6.20. The summed E-state index contributed by atoms with van der Waals surface area (Å²) in [6.45, 7) is 6.80. The standard InChI is InChI=1S/C16H23N3O/c1-16(2,3)20-12-14(17-4)15-10-11-18-19(15)13-8-6-5-7-9-13/h5-11,14,17H,12H2,1-4H3. The fourth-order valence-electron chi connectivity index (χ4n) is 2.01. The number of para-hydroxylation sites is 1. The van der Waals surface area contributed by atoms with Crippen LogP contribution in [0.25, 0.3) is 5.69 Å². The summed E-state index contributed by atoms with van der Waals surface area (Å²) in [4.78, 5) is 0. The van der Waals surface area contributed by atoms with Gasteiger partial charge in [0.25, 0.3) is 0 Å². The average Bonchev–Trinajstić information content (AvgIpc) is 2.88. The van der Waals surface area contributed by atoms with Crippen LogP contribution < -0.4 is 5.32 Å². The summed E-state index contributed by atoms with van der Waals surface area (Å²) >= 11 is 0. The molecule has 20 heavy (non-hydrogen) atoms. The highest BCUT2D eigenvalue weighted by molar-refractivity contribution is 5.33. The molecule has 0 aliphatic heterocycles. The van der Waals surface area contributed by atoms with E-state index in [-0.39, 0.29) is 11.6 Å². The maximum atomic E-state index is 5.89. The van der Waals surface area contributed by atoms with Crippen LogP contribution in [-0.2, 0) is 4.74 Å². The van der Waals surface area contributed by atoms with Gasteiger partial charge in [0.2, 0.25) is 0 Å². The monoisotopic (exact) mass is 273 g/mol. The highest BCUT2D eigenvalue weighted by atomic mass is 16.5. The predicted molar refractivity (Wildman–Crippen MR) is 81.1 cm³/mol. The van der Waals surface area contributed by atoms with Gasteiger partial charge in [-0.15, -0.1) is 0 Å². The molecule has 108 valence electrons. The first-order valence-corrected chi connectivity index (χ1v) is 6.92. The lowest BCUT2D eigenvalue weighted by molar-refractivity contribution is -0.0146. The number of nitrogens with zero attached hydrogens (tertiary/aromatic N) is 2. The first-order chi connectivity index (χ1) is 9.51. The molecule has 0 saturated heterocycles. The van der Waals surface area contributed by atoms with Crippen LogP contribution in [0.15, 0.2) is 42.6 Å². The molecule has 1 unspecified atom stereocenters. The molecule has 1 atom stereocenters. The van der Waals surface area contributed by atoms with E-state index in [0.717, 1.165) is 11.4 Å². The predicted octanol–water partition coefficient (Wildman–Crippen LogP) is 2.95. The molecule has 0 aliphatic rings. The van der Waals surface area contributed by atoms with Crippen LogP contribution in [0.5, 0.6) is 0 Å². The van der Waals surface area contributed by atoms with E-state index in [0.29, 0.717) is 6.61 Å². The van der Waals surface area contributed by atoms with Crippen molar-refractivity contribution in [3.63, 3.8) is 0 Å². The molecular formula is C16H23N3O. The first kappa shape index (κ1) is 14.8. The van der Waals surface area contributed by atoms with Gasteiger partial charge in [0.1, 0.15) is 0 Å². The van der Waals surface area contributed by atoms with Crippen LogP contribution in [0, 0.1) is 0 Å². The van der Waals surface area contributed by atoms with Crippen LogP contribution in [0.4, 0.5) is 0 Å². The molecule has 0 saturated carbocycles. The molecule has 4 heteroatoms. The molecular weight excluding hydrogens is 250 g/mol. The van der Waals surface area contributed by atoms with Crippen LogP contribution in [0.1, 0.15) is 32.5 Å². The average molecular weight is 273 g/mol. The largest absolute Gasteiger partial charge is 0.374 e. The van der Waals surface area contributed by atoms with Gasteiger partial charge in [0.15, 0.2) is 0 Å². The number of likely N-dealkylation sites (N-methyl/N-ethyl adjacent to an activating group) is 1. The maximum Gasteiger partial charge on any atom is 0.0732 e. The number of ether oxygens (including phenoxy) is 1. The SMILES string of the molecule is CNC(COC(C)(C)C)c1ccnn1-c1ccccc1. The highest BCUT2D eigenvalue weighted by Gasteiger charge is 2.19. The van der Waals surface area contributed by atoms with Gasteiger partial charge in [-0.1, -0.05) is 18.2 Å². The fraction of sp³-hybridized carbons (Fsp3) is 0.438. The van der Waals surface area contributed by atoms with E-state index in [4.69, 9.17) is 4.74 Å². The zero-order chi connectivity index (χ0) is 14.6. The van der Waals surface area contributed by atoms with Crippen molar-refractivity contribution in [1.29, 1.82) is 0 Å². The van der Waals surface area contributed by atoms with Crippen LogP contribution >= 0.6 is 0 Å². The molecule has 0 spiro atoms. The van der Waals surface area contributed by atoms with E-state index < -0.39 is 0 Å². The van der Waals surface area contributed by atoms with Gasteiger partial charge < -0.3 is 10.1 Å². The lowest BCUT2D eigenvalue weighted by Crippen LogP contribution is -2.29. The molecule has 2 rings (SSSR count). The van der Waals surface area contributed by atoms with Gasteiger partial charge in [-0.25, -0.2) is 4.68 Å². The Morgan fingerprint density at radius 2 is 1.90 bits per heavy atom. The minimum absolute atomic E-state index is 0.108. The van der Waals surface area contributed by atoms with Crippen LogP contribution in [-0.4, -0.2) is 29.0 Å². The zero-order valence-corrected chi connectivity index (χ0v) is 12.6. The second-order valence-corrected chi connectivity index (χ2v) is 5.77. The summed E-state index contributed by atoms with van der Waals surface area (Å²) in [6, 6.07) is 12.3. The summed E-state index contributed by atoms with van der Waals surface area (Å²) in [5.41, 5.74) is 2.01. The molecule has 2 aromatic rings. The van der Waals surface area contributed by atoms with Gasteiger partial charge in [0, 0.05) is 6.20 Å². The molecule has 1 N–H and O–H groups in total. The lowest BCUT2D eigenvalue weighted by Gasteiger charge is -2.24. The van der Waals surface area contributed by atoms with Crippen molar-refractivity contribution in [3.05, 3.63) is 48.3 Å². The number of hydrogen-bond donors (Lipinski definition) is 1. The molecule has 0 aliphatic carbocycles. The Morgan fingerprint density at radius 3 is 2.50 bits per heavy atom. The van der Waals surface area contributed by atoms with E-state index in [1.54, 1.807) is 0 Å². The van der Waals surface area contributed by atoms with Crippen molar-refractivity contribution in [2.24, 2.45) is 0 Å². The quantitative estimate of drug-likeness (QED) is 0.910. The van der Waals surface area contributed by atoms with Gasteiger partial charge in [0.05, 0.1) is 29.6 Å². The Labute approximate surface area is 120 Å². The summed E-state index contributed by atoms with van der Waals surface area (Å²) in [7, 11) is 1.94. The van der Waals surface area contributed by atoms with Gasteiger partial charge in [-0.3, -0.25) is 0 Å². The Kier molecular flexibility index (Phi) is 4.57. The third-order valence-electron chi connectivity index (χ3n) is 3.06. The number of benzene rings is 1. The van der Waals surface area contributed by atoms with Crippen molar-refractivity contribution in [2.45, 2.75) is 32.4 Å². The fourth-order valence-corrected chi connectivity index (χ4v) is 2.01. The summed E-state index contributed by atoms with van der Waals surface area (Å²) in [5.74, 6) is 0. The molecule has 0 fully saturated rings. The third kappa shape index (κ3) is 3.68. The van der Waals surface area contributed by atoms with Gasteiger partial charge >= 0.3 is 0 Å². The van der Waals surface area contributed by atoms with Crippen molar-refractivity contribution in [3.8, 4) is 5.69 Å². The van der Waals surface area contributed by atoms with Gasteiger partial charge in [-0.2, -0.15) is 5.10 Å². The van der Waals surface area contributed by atoms with Crippen molar-refractivity contribution in [1.82, 2.24) is 15.1 Å². The van der Waals surface area contributed by atoms with E-state index in [1.165, 1.54) is 0 Å². The smallest absolute Gasteiger partial charge is 0.0732 e. The van der Waals surface area contributed by atoms with Crippen molar-refractivity contribution in [2.75, 3.05) is 13.7 Å². The number of rotatable bonds is 5. The van der Waals surface area contributed by atoms with E-state index in [2.05, 4.69) is 31.2 Å². The highest BCUT2D eigenvalue weighted by Crippen LogP contribution is 2.19. The number of nitrogens with one attached hydrogen (secondary N) is 1. The topological polar surface area (TPSA) is 39.1 Å². The second-order valence-electron chi connectivity index (χ2n) is 5.77. The normalized spacial score (nSPS) is 13.4. The molecule has 1 aromatic carbocycles. The summed E-state index contributed by atoms with van der Waals surface area (Å²) < 4.78 is 7.84. The minimum Gasteiger partial charge on any atom is -0.374 e. The summed E-state index contributed by atoms with van der Waals surface area (Å²) in [5, 5.41) is 7.72. The molecule has 4 nitrogen and oxygen atoms in total. The number of hydrogen-bond acceptors (Lipinski definition) is 3. The van der Waals surface area contributed by atoms with Crippen LogP contribution in [0.2, 0.25) is 0 Å². The Bertz CT molecular complexity index is 528. The Morgan fingerprint density at radius 1 is 1.20 bits per heavy atom.